The van der Waals surface area contributed by atoms with Crippen molar-refractivity contribution in [3.63, 3.8) is 0 Å². The van der Waals surface area contributed by atoms with Crippen LogP contribution < -0.4 is 0 Å². The summed E-state index contributed by atoms with van der Waals surface area (Å²) in [5.74, 6) is 0.118. The van der Waals surface area contributed by atoms with Gasteiger partial charge in [0, 0.05) is 10.1 Å². The maximum atomic E-state index is 10.7. The fraction of sp³-hybridized carbons (Fsp3) is 0.357. The Labute approximate surface area is 102 Å². The van der Waals surface area contributed by atoms with Gasteiger partial charge in [0.1, 0.15) is 0 Å². The number of carbonyl (C=O) groups is 1. The highest BCUT2D eigenvalue weighted by molar-refractivity contribution is 7.99. The van der Waals surface area contributed by atoms with Crippen LogP contribution in [-0.2, 0) is 4.79 Å². The summed E-state index contributed by atoms with van der Waals surface area (Å²) in [6.07, 6.45) is 4.53. The van der Waals surface area contributed by atoms with Gasteiger partial charge in [-0.05, 0) is 38.5 Å². The standard InChI is InChI=1S/C14H18OS/c1-11-7-9-14(10-8-11)16-13(3)6-4-5-12(2)15/h4-5,7-10,13H,6H2,1-3H3. The molecule has 1 aromatic rings. The summed E-state index contributed by atoms with van der Waals surface area (Å²) >= 11 is 1.84. The fourth-order valence-electron chi connectivity index (χ4n) is 1.32. The van der Waals surface area contributed by atoms with Gasteiger partial charge < -0.3 is 0 Å². The molecule has 86 valence electrons. The zero-order valence-electron chi connectivity index (χ0n) is 10.1. The molecule has 0 aliphatic rings. The van der Waals surface area contributed by atoms with E-state index in [4.69, 9.17) is 0 Å². The maximum Gasteiger partial charge on any atom is 0.152 e. The first-order valence-electron chi connectivity index (χ1n) is 5.48. The summed E-state index contributed by atoms with van der Waals surface area (Å²) in [5, 5.41) is 0.498. The van der Waals surface area contributed by atoms with Gasteiger partial charge >= 0.3 is 0 Å². The molecule has 0 radical (unpaired) electrons. The molecule has 1 rings (SSSR count). The molecule has 0 saturated carbocycles. The van der Waals surface area contributed by atoms with Crippen LogP contribution in [0.1, 0.15) is 25.8 Å². The minimum Gasteiger partial charge on any atom is -0.295 e. The Balaban J connectivity index is 2.42. The average molecular weight is 234 g/mol. The molecular weight excluding hydrogens is 216 g/mol. The van der Waals surface area contributed by atoms with E-state index in [1.54, 1.807) is 13.0 Å². The lowest BCUT2D eigenvalue weighted by Gasteiger charge is -2.08. The van der Waals surface area contributed by atoms with Crippen LogP contribution in [0.4, 0.5) is 0 Å². The first-order chi connectivity index (χ1) is 7.58. The van der Waals surface area contributed by atoms with Gasteiger partial charge in [-0.1, -0.05) is 30.7 Å². The van der Waals surface area contributed by atoms with E-state index in [1.165, 1.54) is 10.5 Å². The fourth-order valence-corrected chi connectivity index (χ4v) is 2.29. The van der Waals surface area contributed by atoms with Crippen molar-refractivity contribution in [3.05, 3.63) is 42.0 Å². The number of carbonyl (C=O) groups excluding carboxylic acids is 1. The van der Waals surface area contributed by atoms with Crippen LogP contribution in [0.25, 0.3) is 0 Å². The molecule has 0 aliphatic carbocycles. The van der Waals surface area contributed by atoms with Crippen molar-refractivity contribution in [2.24, 2.45) is 0 Å². The molecule has 1 atom stereocenters. The van der Waals surface area contributed by atoms with Gasteiger partial charge in [0.05, 0.1) is 0 Å². The molecule has 2 heteroatoms. The first-order valence-corrected chi connectivity index (χ1v) is 6.36. The molecule has 0 heterocycles. The van der Waals surface area contributed by atoms with Gasteiger partial charge in [-0.25, -0.2) is 0 Å². The Morgan fingerprint density at radius 2 is 2.00 bits per heavy atom. The van der Waals surface area contributed by atoms with Crippen molar-refractivity contribution in [2.45, 2.75) is 37.3 Å². The second kappa shape index (κ2) is 6.54. The van der Waals surface area contributed by atoms with Gasteiger partial charge in [0.25, 0.3) is 0 Å². The van der Waals surface area contributed by atoms with Crippen molar-refractivity contribution in [1.29, 1.82) is 0 Å². The predicted octanol–water partition coefficient (Wildman–Crippen LogP) is 4.01. The zero-order valence-corrected chi connectivity index (χ0v) is 10.9. The predicted molar refractivity (Wildman–Crippen MR) is 70.9 cm³/mol. The molecule has 1 aromatic carbocycles. The van der Waals surface area contributed by atoms with E-state index < -0.39 is 0 Å². The van der Waals surface area contributed by atoms with Crippen LogP contribution >= 0.6 is 11.8 Å². The van der Waals surface area contributed by atoms with E-state index in [2.05, 4.69) is 38.1 Å². The molecule has 0 aliphatic heterocycles. The molecule has 0 aromatic heterocycles. The van der Waals surface area contributed by atoms with E-state index in [9.17, 15) is 4.79 Å². The molecule has 0 bridgehead atoms. The Bertz CT molecular complexity index is 365. The molecule has 1 unspecified atom stereocenters. The number of hydrogen-bond donors (Lipinski definition) is 0. The lowest BCUT2D eigenvalue weighted by Crippen LogP contribution is -1.93. The second-order valence-corrected chi connectivity index (χ2v) is 5.50. The number of rotatable bonds is 5. The monoisotopic (exact) mass is 234 g/mol. The maximum absolute atomic E-state index is 10.7. The van der Waals surface area contributed by atoms with Crippen molar-refractivity contribution < 1.29 is 4.79 Å². The van der Waals surface area contributed by atoms with Crippen molar-refractivity contribution in [1.82, 2.24) is 0 Å². The number of benzene rings is 1. The highest BCUT2D eigenvalue weighted by Crippen LogP contribution is 2.25. The number of allylic oxidation sites excluding steroid dienone is 2. The third kappa shape index (κ3) is 5.17. The Kier molecular flexibility index (Phi) is 5.33. The van der Waals surface area contributed by atoms with E-state index in [-0.39, 0.29) is 5.78 Å². The van der Waals surface area contributed by atoms with Crippen molar-refractivity contribution >= 4 is 17.5 Å². The normalized spacial score (nSPS) is 12.9. The first kappa shape index (κ1) is 13.0. The van der Waals surface area contributed by atoms with E-state index in [1.807, 2.05) is 17.8 Å². The van der Waals surface area contributed by atoms with Gasteiger partial charge in [-0.2, -0.15) is 0 Å². The van der Waals surface area contributed by atoms with Crippen LogP contribution in [0.15, 0.2) is 41.3 Å². The molecule has 0 amide bonds. The second-order valence-electron chi connectivity index (χ2n) is 3.99. The van der Waals surface area contributed by atoms with Crippen LogP contribution in [0.3, 0.4) is 0 Å². The average Bonchev–Trinajstić information content (AvgIpc) is 2.21. The number of thioether (sulfide) groups is 1. The summed E-state index contributed by atoms with van der Waals surface area (Å²) in [7, 11) is 0. The Morgan fingerprint density at radius 3 is 2.56 bits per heavy atom. The summed E-state index contributed by atoms with van der Waals surface area (Å²) in [6, 6.07) is 8.54. The van der Waals surface area contributed by atoms with Crippen LogP contribution in [0, 0.1) is 6.92 Å². The number of ketones is 1. The van der Waals surface area contributed by atoms with Crippen LogP contribution in [0.2, 0.25) is 0 Å². The van der Waals surface area contributed by atoms with Crippen LogP contribution in [-0.4, -0.2) is 11.0 Å². The third-order valence-electron chi connectivity index (χ3n) is 2.18. The van der Waals surface area contributed by atoms with Gasteiger partial charge in [-0.3, -0.25) is 4.79 Å². The third-order valence-corrected chi connectivity index (χ3v) is 3.32. The molecular formula is C14H18OS. The molecule has 1 nitrogen and oxygen atoms in total. The lowest BCUT2D eigenvalue weighted by molar-refractivity contribution is -0.112. The summed E-state index contributed by atoms with van der Waals surface area (Å²) in [6.45, 7) is 5.84. The smallest absolute Gasteiger partial charge is 0.152 e. The Hall–Kier alpha value is -1.02. The van der Waals surface area contributed by atoms with E-state index in [0.29, 0.717) is 5.25 Å². The summed E-state index contributed by atoms with van der Waals surface area (Å²) in [5.41, 5.74) is 1.29. The number of hydrogen-bond acceptors (Lipinski definition) is 2. The summed E-state index contributed by atoms with van der Waals surface area (Å²) in [4.78, 5) is 12.0. The highest BCUT2D eigenvalue weighted by atomic mass is 32.2. The van der Waals surface area contributed by atoms with Crippen LogP contribution in [0.5, 0.6) is 0 Å². The molecule has 0 spiro atoms. The van der Waals surface area contributed by atoms with E-state index in [0.717, 1.165) is 6.42 Å². The lowest BCUT2D eigenvalue weighted by atomic mass is 10.2. The Morgan fingerprint density at radius 1 is 1.38 bits per heavy atom. The number of aryl methyl sites for hydroxylation is 1. The highest BCUT2D eigenvalue weighted by Gasteiger charge is 2.02. The van der Waals surface area contributed by atoms with E-state index >= 15 is 0 Å². The van der Waals surface area contributed by atoms with Crippen molar-refractivity contribution in [2.75, 3.05) is 0 Å². The zero-order chi connectivity index (χ0) is 12.0. The summed E-state index contributed by atoms with van der Waals surface area (Å²) < 4.78 is 0. The minimum atomic E-state index is 0.118. The molecule has 0 saturated heterocycles. The SMILES string of the molecule is CC(=O)C=CCC(C)Sc1ccc(C)cc1. The van der Waals surface area contributed by atoms with Crippen molar-refractivity contribution in [3.8, 4) is 0 Å². The van der Waals surface area contributed by atoms with Gasteiger partial charge in [-0.15, -0.1) is 11.8 Å². The van der Waals surface area contributed by atoms with Gasteiger partial charge in [0.2, 0.25) is 0 Å². The molecule has 0 fully saturated rings. The van der Waals surface area contributed by atoms with Gasteiger partial charge in [0.15, 0.2) is 5.78 Å². The topological polar surface area (TPSA) is 17.1 Å². The molecule has 0 N–H and O–H groups in total. The molecule has 16 heavy (non-hydrogen) atoms. The largest absolute Gasteiger partial charge is 0.295 e. The minimum absolute atomic E-state index is 0.118. The quantitative estimate of drug-likeness (QED) is 0.565.